The Bertz CT molecular complexity index is 3520. The van der Waals surface area contributed by atoms with Gasteiger partial charge in [0.15, 0.2) is 0 Å². The Morgan fingerprint density at radius 3 is 1.48 bits per heavy atom. The third-order valence-electron chi connectivity index (χ3n) is 18.6. The number of H-pyrrole nitrogens is 1. The van der Waals surface area contributed by atoms with Crippen molar-refractivity contribution in [1.29, 1.82) is 0 Å². The molecule has 2 aromatic carbocycles. The molecule has 1 fully saturated rings. The van der Waals surface area contributed by atoms with Crippen molar-refractivity contribution >= 4 is 96.9 Å². The first-order valence-electron chi connectivity index (χ1n) is 34.4. The first kappa shape index (κ1) is 83.6. The fourth-order valence-corrected chi connectivity index (χ4v) is 13.5. The van der Waals surface area contributed by atoms with Gasteiger partial charge in [-0.05, 0) is 99.5 Å². The number of fused-ring (bicyclic) bond motifs is 3. The van der Waals surface area contributed by atoms with Crippen LogP contribution in [0.2, 0.25) is 0 Å². The van der Waals surface area contributed by atoms with E-state index in [1.54, 1.807) is 53.7 Å². The molecule has 99 heavy (non-hydrogen) atoms. The lowest BCUT2D eigenvalue weighted by molar-refractivity contribution is -0.157. The summed E-state index contributed by atoms with van der Waals surface area (Å²) in [5, 5.41) is 24.2. The first-order chi connectivity index (χ1) is 45.8. The Hall–Kier alpha value is -7.79. The van der Waals surface area contributed by atoms with E-state index in [0.717, 1.165) is 9.80 Å². The minimum Gasteiger partial charge on any atom is -0.390 e. The smallest absolute Gasteiger partial charge is 0.295 e. The summed E-state index contributed by atoms with van der Waals surface area (Å²) in [7, 11) is 5.03. The third kappa shape index (κ3) is 20.9. The summed E-state index contributed by atoms with van der Waals surface area (Å²) in [5.41, 5.74) is 0.808. The predicted molar refractivity (Wildman–Crippen MR) is 376 cm³/mol. The molecular formula is C70H113N13O15S. The number of aromatic nitrogens is 2. The lowest BCUT2D eigenvalue weighted by Crippen LogP contribution is -2.63. The monoisotopic (exact) mass is 1410 g/mol. The largest absolute Gasteiger partial charge is 0.390 e. The van der Waals surface area contributed by atoms with Gasteiger partial charge in [-0.2, -0.15) is 8.42 Å². The average molecular weight is 1410 g/mol. The molecule has 0 radical (unpaired) electrons. The molecule has 7 N–H and O–H groups in total. The summed E-state index contributed by atoms with van der Waals surface area (Å²) in [5.74, 6) is -10.7. The Morgan fingerprint density at radius 2 is 0.980 bits per heavy atom. The SMILES string of the molecule is CC[C@@H]1NC(=O)[C@H]([C@H](O)[C@H](C)Cc2nc3c(ccc4c(S(=O)(=O)O)cccc43)[nH]2)N(C)C(=O)[C@H](C(C)C)N(C)C(=O)[C@H](CC(C)C)N(C)C(=O)[C@H](CC(C)C)N(C)C(=O)[C@@H](C)NC(=O)[C@H](C)NC(=O)[C@H](CC(C)C)N(C)C(=O)[C@H](C(C)C)NC(=O)[C@H](CC(C)C)N(C)C(=O)CN(C)C1=O. The van der Waals surface area contributed by atoms with Crippen LogP contribution in [0.1, 0.15) is 149 Å². The molecule has 0 saturated carbocycles. The van der Waals surface area contributed by atoms with E-state index in [1.165, 1.54) is 106 Å². The van der Waals surface area contributed by atoms with Crippen LogP contribution in [0, 0.1) is 41.4 Å². The molecule has 1 aliphatic heterocycles. The van der Waals surface area contributed by atoms with Crippen LogP contribution in [0.15, 0.2) is 35.2 Å². The Labute approximate surface area is 584 Å². The van der Waals surface area contributed by atoms with E-state index in [1.807, 2.05) is 55.4 Å². The maximum Gasteiger partial charge on any atom is 0.295 e. The number of aromatic amines is 1. The van der Waals surface area contributed by atoms with Crippen molar-refractivity contribution in [2.45, 2.75) is 221 Å². The van der Waals surface area contributed by atoms with Crippen LogP contribution in [0.3, 0.4) is 0 Å². The summed E-state index contributed by atoms with van der Waals surface area (Å²) >= 11 is 0. The van der Waals surface area contributed by atoms with Gasteiger partial charge < -0.3 is 65.7 Å². The zero-order chi connectivity index (χ0) is 75.5. The van der Waals surface area contributed by atoms with Crippen LogP contribution < -0.4 is 21.3 Å². The van der Waals surface area contributed by atoms with Gasteiger partial charge in [-0.1, -0.05) is 115 Å². The fraction of sp³-hybridized carbons (Fsp3) is 0.686. The molecule has 0 aliphatic carbocycles. The van der Waals surface area contributed by atoms with Crippen LogP contribution in [0.25, 0.3) is 21.8 Å². The van der Waals surface area contributed by atoms with Crippen molar-refractivity contribution in [3.8, 4) is 0 Å². The molecule has 12 atom stereocenters. The minimum atomic E-state index is -4.64. The van der Waals surface area contributed by atoms with Crippen molar-refractivity contribution < 1.29 is 70.8 Å². The second kappa shape index (κ2) is 35.5. The van der Waals surface area contributed by atoms with Gasteiger partial charge in [0.1, 0.15) is 71.1 Å². The van der Waals surface area contributed by atoms with Crippen LogP contribution in [0.4, 0.5) is 0 Å². The molecule has 0 bridgehead atoms. The number of carbonyl (C=O) groups excluding carboxylic acids is 11. The number of rotatable bonds is 16. The first-order valence-corrected chi connectivity index (χ1v) is 35.9. The fourth-order valence-electron chi connectivity index (χ4n) is 12.8. The highest BCUT2D eigenvalue weighted by atomic mass is 32.2. The van der Waals surface area contributed by atoms with E-state index >= 15 is 19.2 Å². The van der Waals surface area contributed by atoms with Crippen LogP contribution in [-0.2, 0) is 69.3 Å². The number of nitrogens with one attached hydrogen (secondary N) is 5. The van der Waals surface area contributed by atoms with Crippen LogP contribution >= 0.6 is 0 Å². The van der Waals surface area contributed by atoms with Gasteiger partial charge in [-0.3, -0.25) is 57.3 Å². The Kier molecular flexibility index (Phi) is 30.0. The van der Waals surface area contributed by atoms with E-state index in [-0.39, 0.29) is 78.3 Å². The Balaban J connectivity index is 1.94. The summed E-state index contributed by atoms with van der Waals surface area (Å²) in [6.07, 6.45) is -1.47. The number of nitrogens with zero attached hydrogens (tertiary/aromatic N) is 8. The van der Waals surface area contributed by atoms with E-state index < -0.39 is 166 Å². The highest BCUT2D eigenvalue weighted by Gasteiger charge is 2.46. The van der Waals surface area contributed by atoms with Crippen molar-refractivity contribution in [1.82, 2.24) is 65.5 Å². The molecule has 2 heterocycles. The number of aliphatic hydroxyl groups is 1. The van der Waals surface area contributed by atoms with Crippen LogP contribution in [0.5, 0.6) is 0 Å². The number of amides is 11. The van der Waals surface area contributed by atoms with E-state index in [2.05, 4.69) is 26.3 Å². The molecule has 11 amide bonds. The lowest BCUT2D eigenvalue weighted by atomic mass is 9.91. The van der Waals surface area contributed by atoms with Crippen molar-refractivity contribution in [2.24, 2.45) is 41.4 Å². The predicted octanol–water partition coefficient (Wildman–Crippen LogP) is 3.82. The summed E-state index contributed by atoms with van der Waals surface area (Å²) in [4.78, 5) is 178. The topological polar surface area (TPSA) is 362 Å². The number of likely N-dealkylation sites (N-methyl/N-ethyl adjacent to an activating group) is 7. The number of aliphatic hydroxyl groups excluding tert-OH is 1. The third-order valence-corrected chi connectivity index (χ3v) is 19.6. The number of carbonyl (C=O) groups is 11. The maximum absolute atomic E-state index is 15.5. The maximum atomic E-state index is 15.5. The minimum absolute atomic E-state index is 0.0667. The van der Waals surface area contributed by atoms with Gasteiger partial charge in [0, 0.05) is 66.5 Å². The molecular weight excluding hydrogens is 1290 g/mol. The number of benzene rings is 2. The summed E-state index contributed by atoms with van der Waals surface area (Å²) in [6.45, 7) is 27.0. The molecule has 4 rings (SSSR count). The summed E-state index contributed by atoms with van der Waals surface area (Å²) in [6, 6.07) is -5.69. The van der Waals surface area contributed by atoms with Gasteiger partial charge in [0.25, 0.3) is 10.1 Å². The van der Waals surface area contributed by atoms with Crippen molar-refractivity contribution in [3.63, 3.8) is 0 Å². The van der Waals surface area contributed by atoms with Gasteiger partial charge in [-0.15, -0.1) is 0 Å². The van der Waals surface area contributed by atoms with Gasteiger partial charge in [0.2, 0.25) is 65.0 Å². The summed E-state index contributed by atoms with van der Waals surface area (Å²) < 4.78 is 34.8. The quantitative estimate of drug-likeness (QED) is 0.100. The number of hydrogen-bond donors (Lipinski definition) is 7. The van der Waals surface area contributed by atoms with Crippen molar-refractivity contribution in [2.75, 3.05) is 55.9 Å². The van der Waals surface area contributed by atoms with E-state index in [9.17, 15) is 51.6 Å². The van der Waals surface area contributed by atoms with Crippen molar-refractivity contribution in [3.05, 3.63) is 36.2 Å². The molecule has 1 aliphatic rings. The normalized spacial score (nSPS) is 25.0. The van der Waals surface area contributed by atoms with E-state index in [0.29, 0.717) is 16.4 Å². The zero-order valence-electron chi connectivity index (χ0n) is 62.4. The molecule has 1 saturated heterocycles. The Morgan fingerprint density at radius 1 is 0.505 bits per heavy atom. The second-order valence-electron chi connectivity index (χ2n) is 29.5. The average Bonchev–Trinajstić information content (AvgIpc) is 1.75. The zero-order valence-corrected chi connectivity index (χ0v) is 63.2. The molecule has 3 aromatic rings. The second-order valence-corrected chi connectivity index (χ2v) is 30.9. The highest BCUT2D eigenvalue weighted by Crippen LogP contribution is 2.31. The number of hydrogen-bond acceptors (Lipinski definition) is 15. The van der Waals surface area contributed by atoms with Gasteiger partial charge in [-0.25, -0.2) is 4.98 Å². The molecule has 0 spiro atoms. The standard InChI is InChI=1S/C70H113N13O15S/c1-24-47-66(91)77(17)35-55(84)78(18)49(30-36(2)3)63(88)76-56(40(10)11)69(94)79(19)50(31-37(4)5)62(87)71-43(15)61(86)72-44(16)65(90)80(20)51(32-38(6)7)67(92)81(21)52(33-39(8)9)68(93)82(22)58(41(12)13)70(95)83(23)59(64(89)74-47)60(85)42(14)34-54-73-48-29-28-45-46(57(48)75-54)26-25-27-53(45)99(96,97)98/h25-29,36-44,47,49-52,56,58-60,85H,24,30-35H2,1-23H3,(H,71,87)(H,72,86)(H,73,75)(H,74,89)(H,76,88)(H,96,97,98)/t42-,43+,44-,47+,49+,50+,51+,52+,56+,58+,59+,60-/m1/s1. The lowest BCUT2D eigenvalue weighted by Gasteiger charge is -2.41. The number of imidazole rings is 1. The molecule has 0 unspecified atom stereocenters. The van der Waals surface area contributed by atoms with Gasteiger partial charge >= 0.3 is 0 Å². The molecule has 29 heteroatoms. The van der Waals surface area contributed by atoms with E-state index in [4.69, 9.17) is 4.98 Å². The van der Waals surface area contributed by atoms with Crippen LogP contribution in [-0.4, -0.2) is 250 Å². The van der Waals surface area contributed by atoms with Gasteiger partial charge in [0.05, 0.1) is 23.7 Å². The molecule has 554 valence electrons. The molecule has 28 nitrogen and oxygen atoms in total. The highest BCUT2D eigenvalue weighted by molar-refractivity contribution is 7.86. The molecule has 1 aromatic heterocycles.